The molecule has 0 saturated heterocycles. The summed E-state index contributed by atoms with van der Waals surface area (Å²) in [4.78, 5) is 13.4. The van der Waals surface area contributed by atoms with Crippen molar-refractivity contribution in [2.75, 3.05) is 19.3 Å². The van der Waals surface area contributed by atoms with Gasteiger partial charge >= 0.3 is 0 Å². The number of anilines is 1. The average molecular weight is 287 g/mol. The van der Waals surface area contributed by atoms with E-state index in [9.17, 15) is 9.90 Å². The van der Waals surface area contributed by atoms with Gasteiger partial charge in [-0.3, -0.25) is 4.79 Å². The summed E-state index contributed by atoms with van der Waals surface area (Å²) in [5.74, 6) is -0.167. The molecular formula is C11H15BrN2O2. The molecule has 1 amide bonds. The molecule has 0 heterocycles. The SMILES string of the molecule is CC(O)CN(C)C(=O)c1cc(N)ccc1Br. The number of nitrogens with zero attached hydrogens (tertiary/aromatic N) is 1. The van der Waals surface area contributed by atoms with E-state index in [0.717, 1.165) is 0 Å². The zero-order chi connectivity index (χ0) is 12.3. The molecule has 5 heteroatoms. The van der Waals surface area contributed by atoms with Gasteiger partial charge in [0.25, 0.3) is 5.91 Å². The summed E-state index contributed by atoms with van der Waals surface area (Å²) in [6.45, 7) is 1.93. The topological polar surface area (TPSA) is 66.6 Å². The molecule has 1 rings (SSSR count). The lowest BCUT2D eigenvalue weighted by Gasteiger charge is -2.19. The molecule has 0 radical (unpaired) electrons. The van der Waals surface area contributed by atoms with Gasteiger partial charge in [0.2, 0.25) is 0 Å². The Labute approximate surface area is 103 Å². The number of rotatable bonds is 3. The van der Waals surface area contributed by atoms with Crippen LogP contribution in [-0.4, -0.2) is 35.6 Å². The predicted molar refractivity (Wildman–Crippen MR) is 67.2 cm³/mol. The third-order valence-electron chi connectivity index (χ3n) is 2.11. The second-order valence-electron chi connectivity index (χ2n) is 3.77. The zero-order valence-electron chi connectivity index (χ0n) is 9.27. The van der Waals surface area contributed by atoms with Gasteiger partial charge in [-0.1, -0.05) is 0 Å². The molecule has 1 aromatic carbocycles. The van der Waals surface area contributed by atoms with Crippen LogP contribution in [0.25, 0.3) is 0 Å². The maximum Gasteiger partial charge on any atom is 0.254 e. The highest BCUT2D eigenvalue weighted by molar-refractivity contribution is 9.10. The summed E-state index contributed by atoms with van der Waals surface area (Å²) >= 11 is 3.30. The molecule has 4 nitrogen and oxygen atoms in total. The quantitative estimate of drug-likeness (QED) is 0.828. The minimum Gasteiger partial charge on any atom is -0.399 e. The van der Waals surface area contributed by atoms with Crippen LogP contribution in [0.15, 0.2) is 22.7 Å². The van der Waals surface area contributed by atoms with Crippen molar-refractivity contribution in [2.45, 2.75) is 13.0 Å². The number of nitrogen functional groups attached to an aromatic ring is 1. The van der Waals surface area contributed by atoms with Crippen molar-refractivity contribution in [2.24, 2.45) is 0 Å². The molecule has 1 aromatic rings. The second kappa shape index (κ2) is 5.32. The second-order valence-corrected chi connectivity index (χ2v) is 4.63. The van der Waals surface area contributed by atoms with Crippen molar-refractivity contribution in [3.8, 4) is 0 Å². The van der Waals surface area contributed by atoms with Gasteiger partial charge in [-0.25, -0.2) is 0 Å². The molecule has 0 aliphatic rings. The van der Waals surface area contributed by atoms with Gasteiger partial charge < -0.3 is 15.7 Å². The molecule has 1 unspecified atom stereocenters. The van der Waals surface area contributed by atoms with Crippen molar-refractivity contribution in [1.82, 2.24) is 4.90 Å². The normalized spacial score (nSPS) is 12.2. The first-order valence-electron chi connectivity index (χ1n) is 4.90. The molecule has 0 bridgehead atoms. The largest absolute Gasteiger partial charge is 0.399 e. The van der Waals surface area contributed by atoms with Crippen LogP contribution in [0.5, 0.6) is 0 Å². The Morgan fingerprint density at radius 3 is 2.81 bits per heavy atom. The molecule has 0 spiro atoms. The maximum atomic E-state index is 12.0. The fourth-order valence-electron chi connectivity index (χ4n) is 1.39. The highest BCUT2D eigenvalue weighted by atomic mass is 79.9. The molecule has 88 valence electrons. The van der Waals surface area contributed by atoms with Crippen LogP contribution in [0, 0.1) is 0 Å². The Balaban J connectivity index is 2.91. The number of carbonyl (C=O) groups excluding carboxylic acids is 1. The molecule has 0 fully saturated rings. The fraction of sp³-hybridized carbons (Fsp3) is 0.364. The third kappa shape index (κ3) is 3.21. The van der Waals surface area contributed by atoms with Crippen LogP contribution in [0.2, 0.25) is 0 Å². The number of hydrogen-bond acceptors (Lipinski definition) is 3. The lowest BCUT2D eigenvalue weighted by molar-refractivity contribution is 0.0703. The van der Waals surface area contributed by atoms with E-state index >= 15 is 0 Å². The maximum absolute atomic E-state index is 12.0. The van der Waals surface area contributed by atoms with E-state index in [1.165, 1.54) is 4.90 Å². The predicted octanol–water partition coefficient (Wildman–Crippen LogP) is 1.48. The first-order valence-corrected chi connectivity index (χ1v) is 5.69. The number of hydrogen-bond donors (Lipinski definition) is 2. The first kappa shape index (κ1) is 13.0. The van der Waals surface area contributed by atoms with Crippen LogP contribution < -0.4 is 5.73 Å². The number of amides is 1. The highest BCUT2D eigenvalue weighted by Gasteiger charge is 2.16. The van der Waals surface area contributed by atoms with Crippen molar-refractivity contribution in [3.63, 3.8) is 0 Å². The van der Waals surface area contributed by atoms with Gasteiger partial charge in [0, 0.05) is 23.8 Å². The molecular weight excluding hydrogens is 272 g/mol. The van der Waals surface area contributed by atoms with Crippen molar-refractivity contribution < 1.29 is 9.90 Å². The number of likely N-dealkylation sites (N-methyl/N-ethyl adjacent to an activating group) is 1. The van der Waals surface area contributed by atoms with Gasteiger partial charge in [-0.15, -0.1) is 0 Å². The summed E-state index contributed by atoms with van der Waals surface area (Å²) in [6, 6.07) is 5.07. The Morgan fingerprint density at radius 2 is 2.25 bits per heavy atom. The van der Waals surface area contributed by atoms with Gasteiger partial charge in [0.1, 0.15) is 0 Å². The number of benzene rings is 1. The van der Waals surface area contributed by atoms with Gasteiger partial charge in [-0.2, -0.15) is 0 Å². The van der Waals surface area contributed by atoms with E-state index in [2.05, 4.69) is 15.9 Å². The van der Waals surface area contributed by atoms with E-state index in [1.54, 1.807) is 32.2 Å². The minimum absolute atomic E-state index is 0.167. The molecule has 0 saturated carbocycles. The fourth-order valence-corrected chi connectivity index (χ4v) is 1.81. The van der Waals surface area contributed by atoms with Crippen LogP contribution in [-0.2, 0) is 0 Å². The molecule has 1 atom stereocenters. The van der Waals surface area contributed by atoms with Crippen molar-refractivity contribution in [3.05, 3.63) is 28.2 Å². The molecule has 0 aliphatic heterocycles. The highest BCUT2D eigenvalue weighted by Crippen LogP contribution is 2.20. The van der Waals surface area contributed by atoms with E-state index < -0.39 is 6.10 Å². The standard InChI is InChI=1S/C11H15BrN2O2/c1-7(15)6-14(2)11(16)9-5-8(13)3-4-10(9)12/h3-5,7,15H,6,13H2,1-2H3. The summed E-state index contributed by atoms with van der Waals surface area (Å²) in [6.07, 6.45) is -0.547. The zero-order valence-corrected chi connectivity index (χ0v) is 10.9. The summed E-state index contributed by atoms with van der Waals surface area (Å²) in [5, 5.41) is 9.21. The number of halogens is 1. The van der Waals surface area contributed by atoms with Crippen LogP contribution in [0.4, 0.5) is 5.69 Å². The van der Waals surface area contributed by atoms with Gasteiger partial charge in [0.15, 0.2) is 0 Å². The smallest absolute Gasteiger partial charge is 0.254 e. The average Bonchev–Trinajstić information content (AvgIpc) is 2.19. The molecule has 16 heavy (non-hydrogen) atoms. The van der Waals surface area contributed by atoms with Crippen LogP contribution >= 0.6 is 15.9 Å². The Hall–Kier alpha value is -1.07. The molecule has 0 aliphatic carbocycles. The minimum atomic E-state index is -0.547. The van der Waals surface area contributed by atoms with E-state index in [0.29, 0.717) is 22.3 Å². The van der Waals surface area contributed by atoms with E-state index in [4.69, 9.17) is 5.73 Å². The third-order valence-corrected chi connectivity index (χ3v) is 2.80. The Kier molecular flexibility index (Phi) is 4.32. The molecule has 3 N–H and O–H groups in total. The lowest BCUT2D eigenvalue weighted by atomic mass is 10.2. The summed E-state index contributed by atoms with van der Waals surface area (Å²) in [7, 11) is 1.64. The number of carbonyl (C=O) groups is 1. The van der Waals surface area contributed by atoms with Crippen LogP contribution in [0.3, 0.4) is 0 Å². The lowest BCUT2D eigenvalue weighted by Crippen LogP contribution is -2.33. The van der Waals surface area contributed by atoms with E-state index in [-0.39, 0.29) is 5.91 Å². The van der Waals surface area contributed by atoms with Crippen molar-refractivity contribution >= 4 is 27.5 Å². The number of nitrogens with two attached hydrogens (primary N) is 1. The Bertz CT molecular complexity index is 394. The number of aliphatic hydroxyl groups excluding tert-OH is 1. The summed E-state index contributed by atoms with van der Waals surface area (Å²) in [5.41, 5.74) is 6.67. The first-order chi connectivity index (χ1) is 7.41. The van der Waals surface area contributed by atoms with Crippen molar-refractivity contribution in [1.29, 1.82) is 0 Å². The van der Waals surface area contributed by atoms with Gasteiger partial charge in [-0.05, 0) is 41.1 Å². The van der Waals surface area contributed by atoms with Gasteiger partial charge in [0.05, 0.1) is 11.7 Å². The monoisotopic (exact) mass is 286 g/mol. The Morgan fingerprint density at radius 1 is 1.62 bits per heavy atom. The van der Waals surface area contributed by atoms with E-state index in [1.807, 2.05) is 0 Å². The summed E-state index contributed by atoms with van der Waals surface area (Å²) < 4.78 is 0.698. The molecule has 0 aromatic heterocycles. The number of aliphatic hydroxyl groups is 1. The van der Waals surface area contributed by atoms with Crippen LogP contribution in [0.1, 0.15) is 17.3 Å².